The normalized spacial score (nSPS) is 12.9. The second-order valence-corrected chi connectivity index (χ2v) is 6.70. The Bertz CT molecular complexity index is 673. The number of nitrogens with two attached hydrogens (primary N) is 1. The largest absolute Gasteiger partial charge is 0.323 e. The summed E-state index contributed by atoms with van der Waals surface area (Å²) in [4.78, 5) is 2.50. The van der Waals surface area contributed by atoms with Gasteiger partial charge in [-0.1, -0.05) is 12.1 Å². The van der Waals surface area contributed by atoms with E-state index in [1.54, 1.807) is 28.7 Å². The van der Waals surface area contributed by atoms with Crippen molar-refractivity contribution in [3.8, 4) is 0 Å². The number of fused-ring (bicyclic) bond motifs is 1. The molecule has 2 heterocycles. The van der Waals surface area contributed by atoms with E-state index in [-0.39, 0.29) is 11.9 Å². The molecular formula is C15H14FNS2. The van der Waals surface area contributed by atoms with Crippen molar-refractivity contribution in [2.75, 3.05) is 0 Å². The summed E-state index contributed by atoms with van der Waals surface area (Å²) >= 11 is 3.36. The van der Waals surface area contributed by atoms with Gasteiger partial charge in [0.2, 0.25) is 0 Å². The standard InChI is InChI=1S/C15H14FNS2/c16-11-4-3-10-8-15(19-14(10)9-11)13(17)6-5-12-2-1-7-18-12/h1-4,7-9,13H,5-6,17H2. The average molecular weight is 291 g/mol. The van der Waals surface area contributed by atoms with Crippen LogP contribution >= 0.6 is 22.7 Å². The minimum atomic E-state index is -0.187. The highest BCUT2D eigenvalue weighted by molar-refractivity contribution is 7.19. The van der Waals surface area contributed by atoms with E-state index >= 15 is 0 Å². The first-order valence-electron chi connectivity index (χ1n) is 6.19. The van der Waals surface area contributed by atoms with Crippen LogP contribution in [0.3, 0.4) is 0 Å². The summed E-state index contributed by atoms with van der Waals surface area (Å²) in [5, 5.41) is 3.16. The number of thiophene rings is 2. The quantitative estimate of drug-likeness (QED) is 0.738. The molecule has 1 unspecified atom stereocenters. The first-order valence-corrected chi connectivity index (χ1v) is 7.89. The molecule has 1 aromatic carbocycles. The lowest BCUT2D eigenvalue weighted by Gasteiger charge is -2.07. The van der Waals surface area contributed by atoms with Crippen LogP contribution < -0.4 is 5.73 Å². The molecule has 1 atom stereocenters. The van der Waals surface area contributed by atoms with E-state index in [1.165, 1.54) is 10.9 Å². The van der Waals surface area contributed by atoms with Gasteiger partial charge in [-0.3, -0.25) is 0 Å². The van der Waals surface area contributed by atoms with Crippen molar-refractivity contribution in [3.63, 3.8) is 0 Å². The Balaban J connectivity index is 1.75. The predicted octanol–water partition coefficient (Wildman–Crippen LogP) is 4.73. The third-order valence-corrected chi connectivity index (χ3v) is 5.31. The molecule has 4 heteroatoms. The highest BCUT2D eigenvalue weighted by Crippen LogP contribution is 2.31. The summed E-state index contributed by atoms with van der Waals surface area (Å²) in [5.41, 5.74) is 6.23. The topological polar surface area (TPSA) is 26.0 Å². The van der Waals surface area contributed by atoms with Gasteiger partial charge in [-0.15, -0.1) is 22.7 Å². The molecule has 0 saturated heterocycles. The lowest BCUT2D eigenvalue weighted by atomic mass is 10.1. The van der Waals surface area contributed by atoms with Crippen molar-refractivity contribution in [1.82, 2.24) is 0 Å². The Morgan fingerprint density at radius 2 is 2.11 bits per heavy atom. The molecule has 0 radical (unpaired) electrons. The van der Waals surface area contributed by atoms with Crippen molar-refractivity contribution in [2.45, 2.75) is 18.9 Å². The van der Waals surface area contributed by atoms with Gasteiger partial charge in [0, 0.05) is 20.5 Å². The van der Waals surface area contributed by atoms with Crippen LogP contribution in [0.25, 0.3) is 10.1 Å². The van der Waals surface area contributed by atoms with Crippen LogP contribution in [0, 0.1) is 5.82 Å². The molecule has 98 valence electrons. The summed E-state index contributed by atoms with van der Waals surface area (Å²) in [6.07, 6.45) is 1.93. The molecule has 0 fully saturated rings. The number of aryl methyl sites for hydroxylation is 1. The zero-order valence-corrected chi connectivity index (χ0v) is 11.9. The van der Waals surface area contributed by atoms with Crippen molar-refractivity contribution in [2.24, 2.45) is 5.73 Å². The molecule has 19 heavy (non-hydrogen) atoms. The molecule has 0 aliphatic carbocycles. The van der Waals surface area contributed by atoms with Crippen LogP contribution in [-0.4, -0.2) is 0 Å². The minimum Gasteiger partial charge on any atom is -0.323 e. The number of benzene rings is 1. The average Bonchev–Trinajstić information content (AvgIpc) is 3.04. The van der Waals surface area contributed by atoms with Gasteiger partial charge < -0.3 is 5.73 Å². The van der Waals surface area contributed by atoms with Crippen LogP contribution in [-0.2, 0) is 6.42 Å². The van der Waals surface area contributed by atoms with Gasteiger partial charge in [0.15, 0.2) is 0 Å². The van der Waals surface area contributed by atoms with Crippen molar-refractivity contribution >= 4 is 32.8 Å². The Kier molecular flexibility index (Phi) is 3.64. The highest BCUT2D eigenvalue weighted by atomic mass is 32.1. The fourth-order valence-electron chi connectivity index (χ4n) is 2.10. The molecule has 2 aromatic heterocycles. The Morgan fingerprint density at radius 3 is 2.89 bits per heavy atom. The van der Waals surface area contributed by atoms with Crippen molar-refractivity contribution < 1.29 is 4.39 Å². The minimum absolute atomic E-state index is 0.0301. The fourth-order valence-corrected chi connectivity index (χ4v) is 3.95. The first kappa shape index (κ1) is 12.8. The van der Waals surface area contributed by atoms with E-state index in [0.717, 1.165) is 27.8 Å². The second-order valence-electron chi connectivity index (χ2n) is 4.56. The Morgan fingerprint density at radius 1 is 1.21 bits per heavy atom. The van der Waals surface area contributed by atoms with Crippen LogP contribution in [0.5, 0.6) is 0 Å². The van der Waals surface area contributed by atoms with Gasteiger partial charge in [-0.05, 0) is 47.9 Å². The number of hydrogen-bond acceptors (Lipinski definition) is 3. The molecule has 3 aromatic rings. The summed E-state index contributed by atoms with van der Waals surface area (Å²) in [6.45, 7) is 0. The molecular weight excluding hydrogens is 277 g/mol. The molecule has 0 saturated carbocycles. The number of rotatable bonds is 4. The number of hydrogen-bond donors (Lipinski definition) is 1. The third-order valence-electron chi connectivity index (χ3n) is 3.15. The van der Waals surface area contributed by atoms with E-state index in [9.17, 15) is 4.39 Å². The maximum absolute atomic E-state index is 13.2. The zero-order chi connectivity index (χ0) is 13.2. The molecule has 3 rings (SSSR count). The fraction of sp³-hybridized carbons (Fsp3) is 0.200. The zero-order valence-electron chi connectivity index (χ0n) is 10.3. The first-order chi connectivity index (χ1) is 9.22. The van der Waals surface area contributed by atoms with Gasteiger partial charge in [-0.2, -0.15) is 0 Å². The molecule has 0 spiro atoms. The van der Waals surface area contributed by atoms with E-state index in [4.69, 9.17) is 5.73 Å². The van der Waals surface area contributed by atoms with Gasteiger partial charge in [0.25, 0.3) is 0 Å². The summed E-state index contributed by atoms with van der Waals surface area (Å²) < 4.78 is 14.1. The predicted molar refractivity (Wildman–Crippen MR) is 81.4 cm³/mol. The Labute approximate surface area is 119 Å². The third kappa shape index (κ3) is 2.86. The summed E-state index contributed by atoms with van der Waals surface area (Å²) in [7, 11) is 0. The van der Waals surface area contributed by atoms with Crippen LogP contribution in [0.15, 0.2) is 41.8 Å². The monoisotopic (exact) mass is 291 g/mol. The molecule has 0 aliphatic rings. The van der Waals surface area contributed by atoms with Gasteiger partial charge in [0.1, 0.15) is 5.82 Å². The molecule has 0 bridgehead atoms. The van der Waals surface area contributed by atoms with Crippen molar-refractivity contribution in [3.05, 3.63) is 57.3 Å². The highest BCUT2D eigenvalue weighted by Gasteiger charge is 2.11. The van der Waals surface area contributed by atoms with E-state index < -0.39 is 0 Å². The maximum Gasteiger partial charge on any atom is 0.124 e. The second kappa shape index (κ2) is 5.41. The molecule has 0 amide bonds. The van der Waals surface area contributed by atoms with Gasteiger partial charge in [0.05, 0.1) is 0 Å². The van der Waals surface area contributed by atoms with E-state index in [2.05, 4.69) is 23.6 Å². The van der Waals surface area contributed by atoms with Gasteiger partial charge >= 0.3 is 0 Å². The van der Waals surface area contributed by atoms with E-state index in [0.29, 0.717) is 0 Å². The Hall–Kier alpha value is -1.23. The van der Waals surface area contributed by atoms with Crippen LogP contribution in [0.1, 0.15) is 22.2 Å². The van der Waals surface area contributed by atoms with Crippen molar-refractivity contribution in [1.29, 1.82) is 0 Å². The summed E-state index contributed by atoms with van der Waals surface area (Å²) in [5.74, 6) is -0.187. The van der Waals surface area contributed by atoms with Gasteiger partial charge in [-0.25, -0.2) is 4.39 Å². The smallest absolute Gasteiger partial charge is 0.124 e. The molecule has 1 nitrogen and oxygen atoms in total. The van der Waals surface area contributed by atoms with Crippen LogP contribution in [0.2, 0.25) is 0 Å². The maximum atomic E-state index is 13.2. The lowest BCUT2D eigenvalue weighted by Crippen LogP contribution is -2.09. The summed E-state index contributed by atoms with van der Waals surface area (Å²) in [6, 6.07) is 11.2. The van der Waals surface area contributed by atoms with Crippen LogP contribution in [0.4, 0.5) is 4.39 Å². The number of halogens is 1. The van der Waals surface area contributed by atoms with E-state index in [1.807, 2.05) is 6.07 Å². The molecule has 0 aliphatic heterocycles. The SMILES string of the molecule is NC(CCc1cccs1)c1cc2ccc(F)cc2s1. The lowest BCUT2D eigenvalue weighted by molar-refractivity contribution is 0.630. The molecule has 2 N–H and O–H groups in total.